The Kier molecular flexibility index (Phi) is 6.84. The van der Waals surface area contributed by atoms with Crippen molar-refractivity contribution in [2.24, 2.45) is 0 Å². The number of nitrogens with zero attached hydrogens (tertiary/aromatic N) is 1. The van der Waals surface area contributed by atoms with Gasteiger partial charge in [-0.3, -0.25) is 4.90 Å². The second-order valence-corrected chi connectivity index (χ2v) is 6.08. The van der Waals surface area contributed by atoms with Gasteiger partial charge in [-0.2, -0.15) is 0 Å². The van der Waals surface area contributed by atoms with Gasteiger partial charge in [-0.1, -0.05) is 37.6 Å². The van der Waals surface area contributed by atoms with Crippen molar-refractivity contribution in [2.45, 2.75) is 52.2 Å². The number of nitrogens with one attached hydrogen (secondary N) is 1. The molecule has 0 aromatic heterocycles. The van der Waals surface area contributed by atoms with Crippen molar-refractivity contribution in [3.63, 3.8) is 0 Å². The van der Waals surface area contributed by atoms with E-state index in [2.05, 4.69) is 57.1 Å². The van der Waals surface area contributed by atoms with E-state index in [0.717, 1.165) is 18.0 Å². The Morgan fingerprint density at radius 1 is 1.21 bits per heavy atom. The third kappa shape index (κ3) is 5.52. The summed E-state index contributed by atoms with van der Waals surface area (Å²) < 4.78 is 0. The quantitative estimate of drug-likeness (QED) is 0.810. The summed E-state index contributed by atoms with van der Waals surface area (Å²) in [5.41, 5.74) is 1.28. The molecular formula is C16H27ClN2. The highest BCUT2D eigenvalue weighted by Gasteiger charge is 2.17. The van der Waals surface area contributed by atoms with Gasteiger partial charge in [-0.05, 0) is 51.6 Å². The molecule has 0 radical (unpaired) electrons. The monoisotopic (exact) mass is 282 g/mol. The summed E-state index contributed by atoms with van der Waals surface area (Å²) in [5, 5.41) is 4.28. The van der Waals surface area contributed by atoms with Gasteiger partial charge in [0.2, 0.25) is 0 Å². The average molecular weight is 283 g/mol. The first-order valence-corrected chi connectivity index (χ1v) is 7.50. The van der Waals surface area contributed by atoms with Gasteiger partial charge in [-0.15, -0.1) is 0 Å². The second-order valence-electron chi connectivity index (χ2n) is 5.64. The molecule has 1 aromatic carbocycles. The highest BCUT2D eigenvalue weighted by molar-refractivity contribution is 6.30. The van der Waals surface area contributed by atoms with Gasteiger partial charge in [0.25, 0.3) is 0 Å². The molecule has 3 heteroatoms. The standard InChI is InChI=1S/C16H27ClN2/c1-12(2)18-10-9-13(3)19(5)14(4)15-7-6-8-16(17)11-15/h6-8,11-14,18H,9-10H2,1-5H3. The first kappa shape index (κ1) is 16.5. The highest BCUT2D eigenvalue weighted by Crippen LogP contribution is 2.24. The topological polar surface area (TPSA) is 15.3 Å². The molecule has 0 heterocycles. The third-order valence-electron chi connectivity index (χ3n) is 3.75. The van der Waals surface area contributed by atoms with Crippen molar-refractivity contribution < 1.29 is 0 Å². The second kappa shape index (κ2) is 7.88. The van der Waals surface area contributed by atoms with Crippen LogP contribution in [0, 0.1) is 0 Å². The molecule has 0 spiro atoms. The first-order chi connectivity index (χ1) is 8.91. The molecule has 0 saturated carbocycles. The zero-order valence-corrected chi connectivity index (χ0v) is 13.5. The molecule has 0 amide bonds. The van der Waals surface area contributed by atoms with E-state index < -0.39 is 0 Å². The van der Waals surface area contributed by atoms with Crippen LogP contribution in [-0.4, -0.2) is 30.6 Å². The summed E-state index contributed by atoms with van der Waals surface area (Å²) in [6.45, 7) is 9.94. The Balaban J connectivity index is 2.53. The Hall–Kier alpha value is -0.570. The average Bonchev–Trinajstić information content (AvgIpc) is 2.36. The summed E-state index contributed by atoms with van der Waals surface area (Å²) >= 11 is 6.06. The molecule has 2 nitrogen and oxygen atoms in total. The summed E-state index contributed by atoms with van der Waals surface area (Å²) in [6, 6.07) is 9.63. The van der Waals surface area contributed by atoms with Gasteiger partial charge < -0.3 is 5.32 Å². The van der Waals surface area contributed by atoms with Crippen molar-refractivity contribution in [1.82, 2.24) is 10.2 Å². The zero-order valence-electron chi connectivity index (χ0n) is 12.8. The highest BCUT2D eigenvalue weighted by atomic mass is 35.5. The van der Waals surface area contributed by atoms with Crippen LogP contribution in [-0.2, 0) is 0 Å². The van der Waals surface area contributed by atoms with Crippen LogP contribution in [0.1, 0.15) is 45.7 Å². The third-order valence-corrected chi connectivity index (χ3v) is 3.99. The van der Waals surface area contributed by atoms with Crippen LogP contribution in [0.15, 0.2) is 24.3 Å². The van der Waals surface area contributed by atoms with Gasteiger partial charge in [0.05, 0.1) is 0 Å². The molecule has 0 aliphatic carbocycles. The Morgan fingerprint density at radius 3 is 2.47 bits per heavy atom. The van der Waals surface area contributed by atoms with Gasteiger partial charge in [0.1, 0.15) is 0 Å². The molecule has 1 aromatic rings. The van der Waals surface area contributed by atoms with Gasteiger partial charge in [0, 0.05) is 23.1 Å². The lowest BCUT2D eigenvalue weighted by Gasteiger charge is -2.31. The van der Waals surface area contributed by atoms with Crippen molar-refractivity contribution in [2.75, 3.05) is 13.6 Å². The van der Waals surface area contributed by atoms with E-state index in [9.17, 15) is 0 Å². The maximum absolute atomic E-state index is 6.06. The lowest BCUT2D eigenvalue weighted by molar-refractivity contribution is 0.187. The van der Waals surface area contributed by atoms with E-state index in [4.69, 9.17) is 11.6 Å². The molecule has 1 N–H and O–H groups in total. The van der Waals surface area contributed by atoms with E-state index in [1.165, 1.54) is 5.56 Å². The fourth-order valence-corrected chi connectivity index (χ4v) is 2.37. The maximum Gasteiger partial charge on any atom is 0.0409 e. The van der Waals surface area contributed by atoms with Crippen molar-refractivity contribution in [3.8, 4) is 0 Å². The molecule has 0 aliphatic rings. The van der Waals surface area contributed by atoms with Gasteiger partial charge in [-0.25, -0.2) is 0 Å². The van der Waals surface area contributed by atoms with Crippen LogP contribution in [0.4, 0.5) is 0 Å². The minimum Gasteiger partial charge on any atom is -0.314 e. The normalized spacial score (nSPS) is 14.9. The minimum atomic E-state index is 0.382. The minimum absolute atomic E-state index is 0.382. The summed E-state index contributed by atoms with van der Waals surface area (Å²) in [7, 11) is 2.19. The number of rotatable bonds is 7. The molecule has 108 valence electrons. The largest absolute Gasteiger partial charge is 0.314 e. The van der Waals surface area contributed by atoms with Crippen LogP contribution in [0.2, 0.25) is 5.02 Å². The molecule has 0 fully saturated rings. The van der Waals surface area contributed by atoms with Crippen LogP contribution >= 0.6 is 11.6 Å². The van der Waals surface area contributed by atoms with Crippen LogP contribution in [0.5, 0.6) is 0 Å². The van der Waals surface area contributed by atoms with Crippen LogP contribution in [0.25, 0.3) is 0 Å². The number of hydrogen-bond donors (Lipinski definition) is 1. The molecule has 1 rings (SSSR count). The van der Waals surface area contributed by atoms with Crippen molar-refractivity contribution >= 4 is 11.6 Å². The maximum atomic E-state index is 6.06. The van der Waals surface area contributed by atoms with Crippen molar-refractivity contribution in [3.05, 3.63) is 34.9 Å². The summed E-state index contributed by atoms with van der Waals surface area (Å²) in [4.78, 5) is 2.41. The van der Waals surface area contributed by atoms with Crippen molar-refractivity contribution in [1.29, 1.82) is 0 Å². The number of benzene rings is 1. The molecule has 0 saturated heterocycles. The fraction of sp³-hybridized carbons (Fsp3) is 0.625. The zero-order chi connectivity index (χ0) is 14.4. The first-order valence-electron chi connectivity index (χ1n) is 7.12. The fourth-order valence-electron chi connectivity index (χ4n) is 2.17. The Labute approximate surface area is 123 Å². The van der Waals surface area contributed by atoms with E-state index in [-0.39, 0.29) is 0 Å². The number of halogens is 1. The SMILES string of the molecule is CC(C)NCCC(C)N(C)C(C)c1cccc(Cl)c1. The smallest absolute Gasteiger partial charge is 0.0409 e. The summed E-state index contributed by atoms with van der Waals surface area (Å²) in [5.74, 6) is 0. The van der Waals surface area contributed by atoms with Gasteiger partial charge in [0.15, 0.2) is 0 Å². The molecule has 0 aliphatic heterocycles. The van der Waals surface area contributed by atoms with E-state index in [1.807, 2.05) is 12.1 Å². The molecule has 0 bridgehead atoms. The van der Waals surface area contributed by atoms with Gasteiger partial charge >= 0.3 is 0 Å². The molecule has 19 heavy (non-hydrogen) atoms. The van der Waals surface area contributed by atoms with Crippen LogP contribution < -0.4 is 5.32 Å². The van der Waals surface area contributed by atoms with Crippen LogP contribution in [0.3, 0.4) is 0 Å². The number of hydrogen-bond acceptors (Lipinski definition) is 2. The predicted octanol–water partition coefficient (Wildman–Crippen LogP) is 4.11. The van der Waals surface area contributed by atoms with E-state index >= 15 is 0 Å². The molecular weight excluding hydrogens is 256 g/mol. The molecule has 2 atom stereocenters. The predicted molar refractivity (Wildman–Crippen MR) is 84.8 cm³/mol. The lowest BCUT2D eigenvalue weighted by atomic mass is 10.0. The molecule has 2 unspecified atom stereocenters. The lowest BCUT2D eigenvalue weighted by Crippen LogP contribution is -2.35. The Morgan fingerprint density at radius 2 is 1.89 bits per heavy atom. The van der Waals surface area contributed by atoms with E-state index in [0.29, 0.717) is 18.1 Å². The van der Waals surface area contributed by atoms with E-state index in [1.54, 1.807) is 0 Å². The summed E-state index contributed by atoms with van der Waals surface area (Å²) in [6.07, 6.45) is 1.15. The Bertz CT molecular complexity index is 379.